The summed E-state index contributed by atoms with van der Waals surface area (Å²) in [5.74, 6) is 0.0688. The van der Waals surface area contributed by atoms with E-state index in [4.69, 9.17) is 0 Å². The molecule has 0 radical (unpaired) electrons. The first-order valence-electron chi connectivity index (χ1n) is 9.14. The zero-order chi connectivity index (χ0) is 18.8. The number of fused-ring (bicyclic) bond motifs is 1. The molecule has 1 unspecified atom stereocenters. The van der Waals surface area contributed by atoms with Gasteiger partial charge in [0.2, 0.25) is 5.91 Å². The maximum Gasteiger partial charge on any atom is 0.269 e. The van der Waals surface area contributed by atoms with Gasteiger partial charge in [0.1, 0.15) is 0 Å². The Labute approximate surface area is 157 Å². The van der Waals surface area contributed by atoms with Crippen LogP contribution in [-0.2, 0) is 11.2 Å². The lowest BCUT2D eigenvalue weighted by Gasteiger charge is -2.26. The smallest absolute Gasteiger partial charge is 0.269 e. The molecule has 1 aliphatic rings. The number of carbonyl (C=O) groups excluding carboxylic acids is 1. The molecule has 1 aliphatic heterocycles. The molecule has 0 aliphatic carbocycles. The summed E-state index contributed by atoms with van der Waals surface area (Å²) in [5, 5.41) is 13.2. The first-order valence-corrected chi connectivity index (χ1v) is 9.14. The summed E-state index contributed by atoms with van der Waals surface area (Å²) in [7, 11) is 0. The molecule has 1 saturated heterocycles. The van der Waals surface area contributed by atoms with E-state index in [1.165, 1.54) is 28.5 Å². The quantitative estimate of drug-likeness (QED) is 0.502. The van der Waals surface area contributed by atoms with Gasteiger partial charge in [0, 0.05) is 18.7 Å². The Morgan fingerprint density at radius 1 is 1.04 bits per heavy atom. The minimum atomic E-state index is -0.428. The number of nitro benzene ring substituents is 1. The van der Waals surface area contributed by atoms with E-state index in [0.29, 0.717) is 0 Å². The number of non-ortho nitro benzene ring substituents is 1. The van der Waals surface area contributed by atoms with E-state index in [2.05, 4.69) is 30.3 Å². The SMILES string of the molecule is O=C(Cc1ccc([N+](=O)[O-])cc1)N1CCCC1c1cccc2ccccc12. The van der Waals surface area contributed by atoms with Crippen molar-refractivity contribution in [2.45, 2.75) is 25.3 Å². The highest BCUT2D eigenvalue weighted by Gasteiger charge is 2.30. The van der Waals surface area contributed by atoms with Gasteiger partial charge in [0.05, 0.1) is 17.4 Å². The van der Waals surface area contributed by atoms with E-state index in [0.717, 1.165) is 24.9 Å². The average Bonchev–Trinajstić information content (AvgIpc) is 3.18. The van der Waals surface area contributed by atoms with Crippen molar-refractivity contribution >= 4 is 22.4 Å². The van der Waals surface area contributed by atoms with Crippen molar-refractivity contribution in [2.75, 3.05) is 6.54 Å². The third-order valence-corrected chi connectivity index (χ3v) is 5.26. The number of benzene rings is 3. The minimum absolute atomic E-state index is 0.0426. The maximum absolute atomic E-state index is 12.9. The van der Waals surface area contributed by atoms with Gasteiger partial charge in [-0.15, -0.1) is 0 Å². The van der Waals surface area contributed by atoms with Crippen molar-refractivity contribution in [3.63, 3.8) is 0 Å². The van der Waals surface area contributed by atoms with Crippen molar-refractivity contribution in [3.05, 3.63) is 88.0 Å². The van der Waals surface area contributed by atoms with Crippen LogP contribution >= 0.6 is 0 Å². The highest BCUT2D eigenvalue weighted by molar-refractivity contribution is 5.87. The van der Waals surface area contributed by atoms with E-state index in [9.17, 15) is 14.9 Å². The monoisotopic (exact) mass is 360 g/mol. The van der Waals surface area contributed by atoms with Gasteiger partial charge in [-0.1, -0.05) is 54.6 Å². The molecule has 1 fully saturated rings. The summed E-state index contributed by atoms with van der Waals surface area (Å²) in [6.45, 7) is 0.750. The normalized spacial score (nSPS) is 16.6. The fraction of sp³-hybridized carbons (Fsp3) is 0.227. The van der Waals surface area contributed by atoms with Crippen molar-refractivity contribution < 1.29 is 9.72 Å². The van der Waals surface area contributed by atoms with Crippen LogP contribution in [0.5, 0.6) is 0 Å². The molecule has 1 heterocycles. The molecular formula is C22H20N2O3. The molecule has 3 aromatic rings. The van der Waals surface area contributed by atoms with Gasteiger partial charge in [-0.2, -0.15) is 0 Å². The largest absolute Gasteiger partial charge is 0.335 e. The predicted octanol–water partition coefficient (Wildman–Crippen LogP) is 4.65. The van der Waals surface area contributed by atoms with Crippen molar-refractivity contribution in [1.29, 1.82) is 0 Å². The molecule has 0 aromatic heterocycles. The second kappa shape index (κ2) is 7.19. The fourth-order valence-electron chi connectivity index (χ4n) is 3.94. The molecule has 0 bridgehead atoms. The topological polar surface area (TPSA) is 63.4 Å². The molecule has 0 spiro atoms. The van der Waals surface area contributed by atoms with Gasteiger partial charge in [-0.05, 0) is 34.7 Å². The van der Waals surface area contributed by atoms with E-state index in [1.807, 2.05) is 17.0 Å². The van der Waals surface area contributed by atoms with Gasteiger partial charge in [-0.25, -0.2) is 0 Å². The Morgan fingerprint density at radius 2 is 1.78 bits per heavy atom. The Bertz CT molecular complexity index is 993. The number of nitrogens with zero attached hydrogens (tertiary/aromatic N) is 2. The number of hydrogen-bond acceptors (Lipinski definition) is 3. The van der Waals surface area contributed by atoms with Crippen molar-refractivity contribution in [1.82, 2.24) is 4.90 Å². The molecule has 1 atom stereocenters. The summed E-state index contributed by atoms with van der Waals surface area (Å²) in [6, 6.07) is 20.8. The van der Waals surface area contributed by atoms with Crippen LogP contribution in [0.25, 0.3) is 10.8 Å². The number of nitro groups is 1. The molecule has 0 N–H and O–H groups in total. The molecule has 3 aromatic carbocycles. The number of likely N-dealkylation sites (tertiary alicyclic amines) is 1. The molecule has 1 amide bonds. The molecule has 4 rings (SSSR count). The molecule has 136 valence electrons. The second-order valence-electron chi connectivity index (χ2n) is 6.91. The summed E-state index contributed by atoms with van der Waals surface area (Å²) in [5.41, 5.74) is 2.04. The minimum Gasteiger partial charge on any atom is -0.335 e. The maximum atomic E-state index is 12.9. The molecule has 5 heteroatoms. The van der Waals surface area contributed by atoms with Crippen LogP contribution < -0.4 is 0 Å². The average molecular weight is 360 g/mol. The first-order chi connectivity index (χ1) is 13.1. The van der Waals surface area contributed by atoms with Crippen molar-refractivity contribution in [2.24, 2.45) is 0 Å². The number of hydrogen-bond donors (Lipinski definition) is 0. The fourth-order valence-corrected chi connectivity index (χ4v) is 3.94. The Hall–Kier alpha value is -3.21. The predicted molar refractivity (Wildman–Crippen MR) is 104 cm³/mol. The van der Waals surface area contributed by atoms with E-state index < -0.39 is 4.92 Å². The highest BCUT2D eigenvalue weighted by Crippen LogP contribution is 2.36. The van der Waals surface area contributed by atoms with Gasteiger partial charge >= 0.3 is 0 Å². The van der Waals surface area contributed by atoms with E-state index >= 15 is 0 Å². The Morgan fingerprint density at radius 3 is 2.56 bits per heavy atom. The van der Waals surface area contributed by atoms with Crippen LogP contribution in [0.2, 0.25) is 0 Å². The summed E-state index contributed by atoms with van der Waals surface area (Å²) in [4.78, 5) is 25.3. The van der Waals surface area contributed by atoms with Crippen LogP contribution in [0.3, 0.4) is 0 Å². The van der Waals surface area contributed by atoms with Gasteiger partial charge in [-0.3, -0.25) is 14.9 Å². The number of rotatable bonds is 4. The number of amides is 1. The van der Waals surface area contributed by atoms with Crippen molar-refractivity contribution in [3.8, 4) is 0 Å². The molecule has 27 heavy (non-hydrogen) atoms. The molecule has 5 nitrogen and oxygen atoms in total. The first kappa shape index (κ1) is 17.2. The standard InChI is InChI=1S/C22H20N2O3/c25-22(15-16-10-12-18(13-11-16)24(26)27)23-14-4-9-21(23)20-8-3-6-17-5-1-2-7-19(17)20/h1-3,5-8,10-13,21H,4,9,14-15H2. The lowest BCUT2D eigenvalue weighted by atomic mass is 9.97. The Balaban J connectivity index is 1.57. The second-order valence-corrected chi connectivity index (χ2v) is 6.91. The number of carbonyl (C=O) groups is 1. The van der Waals surface area contributed by atoms with Crippen LogP contribution in [-0.4, -0.2) is 22.3 Å². The molecule has 0 saturated carbocycles. The lowest BCUT2D eigenvalue weighted by molar-refractivity contribution is -0.384. The van der Waals surface area contributed by atoms with Crippen LogP contribution in [0.1, 0.15) is 30.0 Å². The van der Waals surface area contributed by atoms with E-state index in [-0.39, 0.29) is 24.1 Å². The third kappa shape index (κ3) is 3.40. The highest BCUT2D eigenvalue weighted by atomic mass is 16.6. The van der Waals surface area contributed by atoms with Gasteiger partial charge in [0.25, 0.3) is 5.69 Å². The van der Waals surface area contributed by atoms with Crippen LogP contribution in [0.15, 0.2) is 66.7 Å². The zero-order valence-electron chi connectivity index (χ0n) is 14.9. The summed E-state index contributed by atoms with van der Waals surface area (Å²) in [6.07, 6.45) is 2.21. The van der Waals surface area contributed by atoms with Crippen LogP contribution in [0.4, 0.5) is 5.69 Å². The summed E-state index contributed by atoms with van der Waals surface area (Å²) >= 11 is 0. The summed E-state index contributed by atoms with van der Waals surface area (Å²) < 4.78 is 0. The Kier molecular flexibility index (Phi) is 4.59. The zero-order valence-corrected chi connectivity index (χ0v) is 14.9. The van der Waals surface area contributed by atoms with Gasteiger partial charge < -0.3 is 4.90 Å². The lowest BCUT2D eigenvalue weighted by Crippen LogP contribution is -2.31. The van der Waals surface area contributed by atoms with Gasteiger partial charge in [0.15, 0.2) is 0 Å². The third-order valence-electron chi connectivity index (χ3n) is 5.26. The van der Waals surface area contributed by atoms with E-state index in [1.54, 1.807) is 12.1 Å². The van der Waals surface area contributed by atoms with Crippen LogP contribution in [0, 0.1) is 10.1 Å². The molecular weight excluding hydrogens is 340 g/mol.